The highest BCUT2D eigenvalue weighted by atomic mass is 19.4. The predicted molar refractivity (Wildman–Crippen MR) is 116 cm³/mol. The molecule has 4 rings (SSSR count). The number of nitrogens with zero attached hydrogens (tertiary/aromatic N) is 2. The van der Waals surface area contributed by atoms with Crippen LogP contribution in [0.3, 0.4) is 0 Å². The van der Waals surface area contributed by atoms with E-state index in [1.165, 1.54) is 30.3 Å². The zero-order valence-corrected chi connectivity index (χ0v) is 17.4. The molecule has 0 saturated heterocycles. The topological polar surface area (TPSA) is 118 Å². The van der Waals surface area contributed by atoms with Crippen LogP contribution in [0.15, 0.2) is 52.4 Å². The molecule has 1 aliphatic rings. The lowest BCUT2D eigenvalue weighted by Crippen LogP contribution is -2.54. The fourth-order valence-electron chi connectivity index (χ4n) is 4.68. The maximum atomic E-state index is 14.5. The average molecular weight is 456 g/mol. The van der Waals surface area contributed by atoms with Crippen molar-refractivity contribution < 1.29 is 18.3 Å². The van der Waals surface area contributed by atoms with Gasteiger partial charge in [0.1, 0.15) is 11.8 Å². The van der Waals surface area contributed by atoms with Crippen molar-refractivity contribution in [2.24, 2.45) is 5.18 Å². The molecule has 1 aliphatic carbocycles. The van der Waals surface area contributed by atoms with Crippen molar-refractivity contribution in [2.45, 2.75) is 43.4 Å². The van der Waals surface area contributed by atoms with Crippen molar-refractivity contribution in [1.29, 1.82) is 5.26 Å². The van der Waals surface area contributed by atoms with Gasteiger partial charge in [-0.15, -0.1) is 4.91 Å². The quantitative estimate of drug-likeness (QED) is 0.465. The molecule has 10 heteroatoms. The van der Waals surface area contributed by atoms with Gasteiger partial charge in [-0.2, -0.15) is 18.4 Å². The molecule has 0 aliphatic heterocycles. The monoisotopic (exact) mass is 456 g/mol. The molecule has 1 aromatic heterocycles. The highest BCUT2D eigenvalue weighted by Crippen LogP contribution is 2.57. The van der Waals surface area contributed by atoms with Crippen molar-refractivity contribution in [1.82, 2.24) is 4.98 Å². The van der Waals surface area contributed by atoms with Gasteiger partial charge in [0.2, 0.25) is 11.1 Å². The number of hydrogen-bond acceptors (Lipinski definition) is 6. The number of aromatic hydroxyl groups is 1. The molecular weight excluding hydrogens is 437 g/mol. The molecular formula is C23H19F3N4O3. The molecule has 0 radical (unpaired) electrons. The number of hydrogen-bond donors (Lipinski definition) is 3. The predicted octanol–water partition coefficient (Wildman–Crippen LogP) is 5.22. The van der Waals surface area contributed by atoms with Gasteiger partial charge in [-0.1, -0.05) is 24.2 Å². The van der Waals surface area contributed by atoms with E-state index in [1.807, 2.05) is 6.07 Å². The number of anilines is 1. The number of nitroso groups, excluding NO2 is 1. The lowest BCUT2D eigenvalue weighted by molar-refractivity contribution is -0.195. The number of rotatable bonds is 4. The molecule has 3 aromatic rings. The van der Waals surface area contributed by atoms with Crippen LogP contribution in [-0.4, -0.2) is 21.8 Å². The molecule has 33 heavy (non-hydrogen) atoms. The molecule has 7 nitrogen and oxygen atoms in total. The van der Waals surface area contributed by atoms with Crippen molar-refractivity contribution >= 4 is 16.6 Å². The van der Waals surface area contributed by atoms with Gasteiger partial charge < -0.3 is 15.4 Å². The van der Waals surface area contributed by atoms with Gasteiger partial charge in [0.25, 0.3) is 0 Å². The molecule has 0 bridgehead atoms. The molecule has 0 spiro atoms. The second-order valence-corrected chi connectivity index (χ2v) is 8.07. The molecule has 0 saturated carbocycles. The molecule has 1 heterocycles. The number of benzene rings is 2. The summed E-state index contributed by atoms with van der Waals surface area (Å²) in [6, 6.07) is 10.1. The fraction of sp³-hybridized carbons (Fsp3) is 0.304. The van der Waals surface area contributed by atoms with Crippen molar-refractivity contribution in [3.05, 3.63) is 74.4 Å². The van der Waals surface area contributed by atoms with Gasteiger partial charge in [0.15, 0.2) is 0 Å². The molecule has 0 fully saturated rings. The summed E-state index contributed by atoms with van der Waals surface area (Å²) in [5.74, 6) is -1.23. The molecule has 0 amide bonds. The summed E-state index contributed by atoms with van der Waals surface area (Å²) in [7, 11) is 0. The maximum Gasteiger partial charge on any atom is 0.419 e. The highest BCUT2D eigenvalue weighted by Gasteiger charge is 2.65. The van der Waals surface area contributed by atoms with Gasteiger partial charge in [-0.05, 0) is 48.6 Å². The summed E-state index contributed by atoms with van der Waals surface area (Å²) in [6.07, 6.45) is -5.49. The number of phenols is 1. The molecule has 2 unspecified atom stereocenters. The first kappa shape index (κ1) is 22.3. The Morgan fingerprint density at radius 2 is 2.03 bits per heavy atom. The maximum absolute atomic E-state index is 14.5. The molecule has 3 N–H and O–H groups in total. The minimum atomic E-state index is -5.00. The Labute approximate surface area is 185 Å². The Morgan fingerprint density at radius 1 is 1.27 bits per heavy atom. The molecule has 2 aromatic carbocycles. The third-order valence-corrected chi connectivity index (χ3v) is 6.34. The smallest absolute Gasteiger partial charge is 0.419 e. The number of aromatic amines is 1. The number of alkyl halides is 3. The van der Waals surface area contributed by atoms with E-state index in [0.717, 1.165) is 0 Å². The number of fused-ring (bicyclic) bond motifs is 2. The first-order valence-electron chi connectivity index (χ1n) is 10.2. The zero-order chi connectivity index (χ0) is 24.0. The van der Waals surface area contributed by atoms with Crippen LogP contribution in [0.1, 0.15) is 48.4 Å². The first-order valence-corrected chi connectivity index (χ1v) is 10.2. The Kier molecular flexibility index (Phi) is 5.36. The number of halogens is 3. The van der Waals surface area contributed by atoms with E-state index in [1.54, 1.807) is 19.1 Å². The Balaban J connectivity index is 1.99. The van der Waals surface area contributed by atoms with E-state index in [0.29, 0.717) is 10.9 Å². The third-order valence-electron chi connectivity index (χ3n) is 6.34. The van der Waals surface area contributed by atoms with Crippen LogP contribution in [0.5, 0.6) is 5.75 Å². The van der Waals surface area contributed by atoms with Crippen LogP contribution < -0.4 is 10.9 Å². The standard InChI is InChI=1S/C23H19F3N4O3/c1-2-12-10-22(30-33,23(24,25)26)21(15-7-6-13(11-27)20(32)19(12)15)29-17-5-3-4-16-14(17)8-9-18(31)28-16/h3-9,12,21,29,32H,2,10H2,1H3,(H,28,31)/t12-,21?,22?/m1/s1. The number of nitriles is 1. The number of H-pyrrole nitrogens is 1. The van der Waals surface area contributed by atoms with E-state index in [9.17, 15) is 33.2 Å². The Hall–Kier alpha value is -3.87. The van der Waals surface area contributed by atoms with Crippen LogP contribution in [0.4, 0.5) is 18.9 Å². The lowest BCUT2D eigenvalue weighted by Gasteiger charge is -2.44. The van der Waals surface area contributed by atoms with Gasteiger partial charge in [-0.25, -0.2) is 0 Å². The van der Waals surface area contributed by atoms with Gasteiger partial charge in [0, 0.05) is 22.7 Å². The number of nitrogens with one attached hydrogen (secondary N) is 2. The van der Waals surface area contributed by atoms with Gasteiger partial charge in [0.05, 0.1) is 17.1 Å². The molecule has 3 atom stereocenters. The average Bonchev–Trinajstić information content (AvgIpc) is 2.78. The molecule has 170 valence electrons. The van der Waals surface area contributed by atoms with Crippen molar-refractivity contribution in [3.63, 3.8) is 0 Å². The van der Waals surface area contributed by atoms with Crippen LogP contribution in [0.25, 0.3) is 10.9 Å². The third kappa shape index (κ3) is 3.40. The van der Waals surface area contributed by atoms with Crippen molar-refractivity contribution in [2.75, 3.05) is 5.32 Å². The minimum Gasteiger partial charge on any atom is -0.506 e. The summed E-state index contributed by atoms with van der Waals surface area (Å²) >= 11 is 0. The van der Waals surface area contributed by atoms with E-state index >= 15 is 0 Å². The van der Waals surface area contributed by atoms with E-state index < -0.39 is 35.8 Å². The number of phenolic OH excluding ortho intramolecular Hbond substituents is 1. The summed E-state index contributed by atoms with van der Waals surface area (Å²) in [5, 5.41) is 25.9. The Bertz CT molecular complexity index is 1350. The van der Waals surface area contributed by atoms with Gasteiger partial charge in [-0.3, -0.25) is 4.79 Å². The largest absolute Gasteiger partial charge is 0.506 e. The second kappa shape index (κ2) is 7.92. The number of pyridine rings is 1. The van der Waals surface area contributed by atoms with Crippen LogP contribution in [-0.2, 0) is 0 Å². The van der Waals surface area contributed by atoms with Gasteiger partial charge >= 0.3 is 6.18 Å². The normalized spacial score (nSPS) is 22.4. The van der Waals surface area contributed by atoms with E-state index in [4.69, 9.17) is 0 Å². The van der Waals surface area contributed by atoms with Crippen LogP contribution in [0.2, 0.25) is 0 Å². The van der Waals surface area contributed by atoms with Crippen molar-refractivity contribution in [3.8, 4) is 11.8 Å². The summed E-state index contributed by atoms with van der Waals surface area (Å²) < 4.78 is 43.4. The summed E-state index contributed by atoms with van der Waals surface area (Å²) in [6.45, 7) is 1.65. The van der Waals surface area contributed by atoms with Crippen LogP contribution in [0, 0.1) is 16.2 Å². The van der Waals surface area contributed by atoms with E-state index in [2.05, 4.69) is 15.5 Å². The Morgan fingerprint density at radius 3 is 2.67 bits per heavy atom. The zero-order valence-electron chi connectivity index (χ0n) is 17.4. The lowest BCUT2D eigenvalue weighted by atomic mass is 9.67. The van der Waals surface area contributed by atoms with E-state index in [-0.39, 0.29) is 34.4 Å². The SMILES string of the molecule is CC[C@@H]1CC(N=O)(C(F)(F)F)C(Nc2cccc3[nH]c(=O)ccc23)c2ccc(C#N)c(O)c21. The summed E-state index contributed by atoms with van der Waals surface area (Å²) in [5.41, 5.74) is -2.57. The second-order valence-electron chi connectivity index (χ2n) is 8.07. The summed E-state index contributed by atoms with van der Waals surface area (Å²) in [4.78, 5) is 26.2. The first-order chi connectivity index (χ1) is 15.7. The fourth-order valence-corrected chi connectivity index (χ4v) is 4.68. The van der Waals surface area contributed by atoms with Crippen LogP contribution >= 0.6 is 0 Å². The highest BCUT2D eigenvalue weighted by molar-refractivity contribution is 5.91. The minimum absolute atomic E-state index is 0.0444. The number of aromatic nitrogens is 1.